The molecule has 0 aliphatic rings. The summed E-state index contributed by atoms with van der Waals surface area (Å²) in [4.78, 5) is 8.97. The highest BCUT2D eigenvalue weighted by molar-refractivity contribution is 9.09. The summed E-state index contributed by atoms with van der Waals surface area (Å²) in [5, 5.41) is 3.20. The lowest BCUT2D eigenvalue weighted by Gasteiger charge is -2.07. The van der Waals surface area contributed by atoms with E-state index < -0.39 is 0 Å². The molecule has 0 amide bonds. The van der Waals surface area contributed by atoms with E-state index in [0.717, 1.165) is 31.0 Å². The Morgan fingerprint density at radius 2 is 2.36 bits per heavy atom. The molecule has 1 unspecified atom stereocenters. The number of aryl methyl sites for hydroxylation is 1. The number of hydrogen-bond acceptors (Lipinski definition) is 3. The number of nitrogens with one attached hydrogen (secondary N) is 1. The Morgan fingerprint density at radius 1 is 1.57 bits per heavy atom. The van der Waals surface area contributed by atoms with Crippen molar-refractivity contribution >= 4 is 21.9 Å². The van der Waals surface area contributed by atoms with Crippen LogP contribution in [0, 0.1) is 6.92 Å². The van der Waals surface area contributed by atoms with E-state index in [0.29, 0.717) is 4.83 Å². The average molecular weight is 258 g/mol. The molecule has 0 spiro atoms. The average Bonchev–Trinajstić information content (AvgIpc) is 2.17. The van der Waals surface area contributed by atoms with Crippen molar-refractivity contribution in [3.63, 3.8) is 0 Å². The van der Waals surface area contributed by atoms with Gasteiger partial charge < -0.3 is 5.32 Å². The van der Waals surface area contributed by atoms with Gasteiger partial charge >= 0.3 is 0 Å². The summed E-state index contributed by atoms with van der Waals surface area (Å²) in [6, 6.07) is 1.89. The molecule has 1 heterocycles. The molecule has 1 N–H and O–H groups in total. The highest BCUT2D eigenvalue weighted by Crippen LogP contribution is 2.09. The molecule has 0 radical (unpaired) electrons. The van der Waals surface area contributed by atoms with Crippen molar-refractivity contribution in [2.45, 2.75) is 31.5 Å². The Morgan fingerprint density at radius 3 is 3.00 bits per heavy atom. The Kier molecular flexibility index (Phi) is 4.87. The van der Waals surface area contributed by atoms with E-state index in [-0.39, 0.29) is 0 Å². The van der Waals surface area contributed by atoms with Crippen molar-refractivity contribution in [2.24, 2.45) is 0 Å². The second kappa shape index (κ2) is 5.96. The van der Waals surface area contributed by atoms with Crippen LogP contribution < -0.4 is 5.32 Å². The smallest absolute Gasteiger partial charge is 0.222 e. The van der Waals surface area contributed by atoms with Crippen LogP contribution in [-0.2, 0) is 0 Å². The van der Waals surface area contributed by atoms with Crippen molar-refractivity contribution in [2.75, 3.05) is 11.9 Å². The van der Waals surface area contributed by atoms with Crippen LogP contribution in [0.4, 0.5) is 5.95 Å². The van der Waals surface area contributed by atoms with Gasteiger partial charge in [0.1, 0.15) is 0 Å². The second-order valence-electron chi connectivity index (χ2n) is 3.24. The summed E-state index contributed by atoms with van der Waals surface area (Å²) in [7, 11) is 0. The van der Waals surface area contributed by atoms with Crippen LogP contribution in [0.5, 0.6) is 0 Å². The molecule has 0 saturated heterocycles. The lowest BCUT2D eigenvalue weighted by Crippen LogP contribution is -2.10. The molecule has 1 atom stereocenters. The predicted octanol–water partition coefficient (Wildman–Crippen LogP) is 2.76. The molecule has 0 saturated carbocycles. The minimum absolute atomic E-state index is 0.583. The normalized spacial score (nSPS) is 12.5. The predicted molar refractivity (Wildman–Crippen MR) is 62.9 cm³/mol. The third-order valence-electron chi connectivity index (χ3n) is 1.98. The number of anilines is 1. The lowest BCUT2D eigenvalue weighted by molar-refractivity contribution is 0.770. The Bertz CT molecular complexity index is 278. The van der Waals surface area contributed by atoms with E-state index in [1.165, 1.54) is 0 Å². The number of hydrogen-bond donors (Lipinski definition) is 1. The Balaban J connectivity index is 2.31. The van der Waals surface area contributed by atoms with Crippen molar-refractivity contribution in [3.05, 3.63) is 18.0 Å². The first-order valence-corrected chi connectivity index (χ1v) is 5.81. The summed E-state index contributed by atoms with van der Waals surface area (Å²) in [5.74, 6) is 0.723. The molecule has 14 heavy (non-hydrogen) atoms. The molecular formula is C10H16BrN3. The van der Waals surface area contributed by atoms with E-state index in [2.05, 4.69) is 38.1 Å². The Labute approximate surface area is 93.5 Å². The molecule has 4 heteroatoms. The van der Waals surface area contributed by atoms with Crippen LogP contribution in [0.1, 0.15) is 25.5 Å². The van der Waals surface area contributed by atoms with Gasteiger partial charge in [0.15, 0.2) is 0 Å². The summed E-state index contributed by atoms with van der Waals surface area (Å²) < 4.78 is 0. The fraction of sp³-hybridized carbons (Fsp3) is 0.600. The van der Waals surface area contributed by atoms with Crippen LogP contribution in [0.15, 0.2) is 12.3 Å². The summed E-state index contributed by atoms with van der Waals surface area (Å²) in [6.45, 7) is 5.04. The lowest BCUT2D eigenvalue weighted by atomic mass is 10.2. The molecule has 1 rings (SSSR count). The molecule has 3 nitrogen and oxygen atoms in total. The third kappa shape index (κ3) is 4.05. The molecule has 0 aliphatic heterocycles. The highest BCUT2D eigenvalue weighted by atomic mass is 79.9. The van der Waals surface area contributed by atoms with Crippen molar-refractivity contribution < 1.29 is 0 Å². The van der Waals surface area contributed by atoms with Gasteiger partial charge in [-0.25, -0.2) is 9.97 Å². The maximum Gasteiger partial charge on any atom is 0.222 e. The fourth-order valence-electron chi connectivity index (χ4n) is 1.08. The van der Waals surface area contributed by atoms with E-state index in [9.17, 15) is 0 Å². The summed E-state index contributed by atoms with van der Waals surface area (Å²) in [6.07, 6.45) is 4.01. The minimum Gasteiger partial charge on any atom is -0.354 e. The van der Waals surface area contributed by atoms with E-state index in [4.69, 9.17) is 0 Å². The van der Waals surface area contributed by atoms with Crippen LogP contribution in [-0.4, -0.2) is 21.3 Å². The standard InChI is InChI=1S/C10H16BrN3/c1-3-9(11)5-7-13-10-12-6-4-8(2)14-10/h4,6,9H,3,5,7H2,1-2H3,(H,12,13,14). The van der Waals surface area contributed by atoms with Gasteiger partial charge in [-0.05, 0) is 25.8 Å². The first-order chi connectivity index (χ1) is 6.72. The van der Waals surface area contributed by atoms with Crippen LogP contribution in [0.3, 0.4) is 0 Å². The molecule has 0 fully saturated rings. The van der Waals surface area contributed by atoms with E-state index >= 15 is 0 Å². The zero-order valence-corrected chi connectivity index (χ0v) is 10.2. The summed E-state index contributed by atoms with van der Waals surface area (Å²) >= 11 is 3.58. The van der Waals surface area contributed by atoms with Crippen molar-refractivity contribution in [1.82, 2.24) is 9.97 Å². The number of halogens is 1. The van der Waals surface area contributed by atoms with Crippen molar-refractivity contribution in [3.8, 4) is 0 Å². The zero-order valence-electron chi connectivity index (χ0n) is 8.63. The first-order valence-electron chi connectivity index (χ1n) is 4.90. The van der Waals surface area contributed by atoms with Gasteiger partial charge in [-0.1, -0.05) is 22.9 Å². The maximum absolute atomic E-state index is 4.26. The number of rotatable bonds is 5. The zero-order chi connectivity index (χ0) is 10.4. The molecule has 0 bridgehead atoms. The third-order valence-corrected chi connectivity index (χ3v) is 3.08. The second-order valence-corrected chi connectivity index (χ2v) is 4.54. The van der Waals surface area contributed by atoms with Gasteiger partial charge in [0, 0.05) is 23.3 Å². The number of nitrogens with zero attached hydrogens (tertiary/aromatic N) is 2. The Hall–Kier alpha value is -0.640. The number of aromatic nitrogens is 2. The van der Waals surface area contributed by atoms with Crippen LogP contribution in [0.2, 0.25) is 0 Å². The van der Waals surface area contributed by atoms with Gasteiger partial charge in [-0.2, -0.15) is 0 Å². The quantitative estimate of drug-likeness (QED) is 0.825. The highest BCUT2D eigenvalue weighted by Gasteiger charge is 2.00. The van der Waals surface area contributed by atoms with E-state index in [1.807, 2.05) is 13.0 Å². The number of alkyl halides is 1. The van der Waals surface area contributed by atoms with Gasteiger partial charge in [0.25, 0.3) is 0 Å². The molecule has 0 aliphatic carbocycles. The van der Waals surface area contributed by atoms with Crippen molar-refractivity contribution in [1.29, 1.82) is 0 Å². The molecule has 78 valence electrons. The monoisotopic (exact) mass is 257 g/mol. The molecular weight excluding hydrogens is 242 g/mol. The van der Waals surface area contributed by atoms with E-state index in [1.54, 1.807) is 6.20 Å². The fourth-order valence-corrected chi connectivity index (χ4v) is 1.31. The van der Waals surface area contributed by atoms with Gasteiger partial charge in [0.05, 0.1) is 0 Å². The first kappa shape index (κ1) is 11.4. The minimum atomic E-state index is 0.583. The van der Waals surface area contributed by atoms with Crippen LogP contribution in [0.25, 0.3) is 0 Å². The molecule has 1 aromatic rings. The SMILES string of the molecule is CCC(Br)CCNc1nccc(C)n1. The molecule has 0 aromatic carbocycles. The van der Waals surface area contributed by atoms with Crippen LogP contribution >= 0.6 is 15.9 Å². The van der Waals surface area contributed by atoms with Gasteiger partial charge in [-0.3, -0.25) is 0 Å². The largest absolute Gasteiger partial charge is 0.354 e. The van der Waals surface area contributed by atoms with Gasteiger partial charge in [-0.15, -0.1) is 0 Å². The summed E-state index contributed by atoms with van der Waals surface area (Å²) in [5.41, 5.74) is 0.994. The van der Waals surface area contributed by atoms with Gasteiger partial charge in [0.2, 0.25) is 5.95 Å². The topological polar surface area (TPSA) is 37.8 Å². The molecule has 1 aromatic heterocycles. The maximum atomic E-state index is 4.26.